The minimum atomic E-state index is 0.142. The van der Waals surface area contributed by atoms with Gasteiger partial charge in [0.25, 0.3) is 5.91 Å². The van der Waals surface area contributed by atoms with Gasteiger partial charge in [-0.05, 0) is 32.3 Å². The zero-order valence-electron chi connectivity index (χ0n) is 11.9. The molecule has 0 N–H and O–H groups in total. The van der Waals surface area contributed by atoms with Gasteiger partial charge in [0, 0.05) is 37.1 Å². The van der Waals surface area contributed by atoms with Gasteiger partial charge in [-0.15, -0.1) is 11.3 Å². The van der Waals surface area contributed by atoms with Crippen molar-refractivity contribution in [3.63, 3.8) is 0 Å². The fourth-order valence-corrected chi connectivity index (χ4v) is 3.60. The maximum Gasteiger partial charge on any atom is 0.256 e. The molecule has 2 aromatic rings. The van der Waals surface area contributed by atoms with Crippen molar-refractivity contribution in [2.45, 2.75) is 32.2 Å². The van der Waals surface area contributed by atoms with Crippen molar-refractivity contribution in [2.24, 2.45) is 7.05 Å². The fraction of sp³-hybridized carbons (Fsp3) is 0.467. The lowest BCUT2D eigenvalue weighted by molar-refractivity contribution is 0.0610. The van der Waals surface area contributed by atoms with E-state index in [9.17, 15) is 4.79 Å². The van der Waals surface area contributed by atoms with E-state index in [2.05, 4.69) is 4.98 Å². The van der Waals surface area contributed by atoms with Crippen LogP contribution in [0.2, 0.25) is 0 Å². The number of likely N-dealkylation sites (tertiary alicyclic amines) is 1. The predicted octanol–water partition coefficient (Wildman–Crippen LogP) is 3.16. The van der Waals surface area contributed by atoms with Crippen LogP contribution < -0.4 is 0 Å². The van der Waals surface area contributed by atoms with Crippen LogP contribution in [0.5, 0.6) is 0 Å². The fourth-order valence-electron chi connectivity index (χ4n) is 2.82. The van der Waals surface area contributed by atoms with E-state index >= 15 is 0 Å². The second kappa shape index (κ2) is 5.40. The van der Waals surface area contributed by atoms with E-state index in [1.54, 1.807) is 11.3 Å². The van der Waals surface area contributed by atoms with Gasteiger partial charge in [0.05, 0.1) is 11.6 Å². The van der Waals surface area contributed by atoms with Crippen LogP contribution in [0.3, 0.4) is 0 Å². The summed E-state index contributed by atoms with van der Waals surface area (Å²) in [5, 5.41) is 3.05. The van der Waals surface area contributed by atoms with Crippen molar-refractivity contribution in [2.75, 3.05) is 6.54 Å². The Labute approximate surface area is 123 Å². The maximum atomic E-state index is 12.8. The van der Waals surface area contributed by atoms with Crippen molar-refractivity contribution < 1.29 is 4.79 Å². The maximum absolute atomic E-state index is 12.8. The molecule has 3 heterocycles. The van der Waals surface area contributed by atoms with Gasteiger partial charge in [-0.2, -0.15) is 0 Å². The Balaban J connectivity index is 1.90. The number of aromatic nitrogens is 2. The molecule has 0 bridgehead atoms. The molecule has 1 atom stereocenters. The first-order valence-electron chi connectivity index (χ1n) is 7.01. The van der Waals surface area contributed by atoms with Gasteiger partial charge in [0.15, 0.2) is 0 Å². The molecule has 1 aliphatic rings. The SMILES string of the molecule is Cc1c(C(=O)N2CCCC[C@H]2c2nccs2)ccn1C. The highest BCUT2D eigenvalue weighted by Crippen LogP contribution is 2.33. The molecule has 1 saturated heterocycles. The lowest BCUT2D eigenvalue weighted by Gasteiger charge is -2.34. The summed E-state index contributed by atoms with van der Waals surface area (Å²) in [5.41, 5.74) is 1.84. The number of carbonyl (C=O) groups excluding carboxylic acids is 1. The summed E-state index contributed by atoms with van der Waals surface area (Å²) in [6.45, 7) is 2.83. The molecule has 0 aromatic carbocycles. The van der Waals surface area contributed by atoms with Gasteiger partial charge in [-0.1, -0.05) is 0 Å². The Morgan fingerprint density at radius 2 is 2.30 bits per heavy atom. The van der Waals surface area contributed by atoms with Crippen LogP contribution in [-0.2, 0) is 7.05 Å². The third kappa shape index (κ3) is 2.26. The van der Waals surface area contributed by atoms with Gasteiger partial charge in [0.1, 0.15) is 5.01 Å². The van der Waals surface area contributed by atoms with Crippen LogP contribution in [0.1, 0.15) is 46.4 Å². The number of amides is 1. The molecule has 3 rings (SSSR count). The second-order valence-electron chi connectivity index (χ2n) is 5.31. The third-order valence-electron chi connectivity index (χ3n) is 4.11. The molecular formula is C15H19N3OS. The van der Waals surface area contributed by atoms with E-state index in [0.717, 1.165) is 35.7 Å². The molecule has 1 aliphatic heterocycles. The molecule has 1 amide bonds. The van der Waals surface area contributed by atoms with Crippen molar-refractivity contribution in [3.05, 3.63) is 40.1 Å². The summed E-state index contributed by atoms with van der Waals surface area (Å²) >= 11 is 1.64. The number of aryl methyl sites for hydroxylation is 1. The van der Waals surface area contributed by atoms with E-state index in [4.69, 9.17) is 0 Å². The molecule has 0 aliphatic carbocycles. The molecule has 0 radical (unpaired) electrons. The Kier molecular flexibility index (Phi) is 3.61. The summed E-state index contributed by atoms with van der Waals surface area (Å²) in [6, 6.07) is 2.07. The van der Waals surface area contributed by atoms with Crippen molar-refractivity contribution in [1.29, 1.82) is 0 Å². The minimum absolute atomic E-state index is 0.142. The van der Waals surface area contributed by atoms with Crippen LogP contribution in [0, 0.1) is 6.92 Å². The smallest absolute Gasteiger partial charge is 0.256 e. The molecule has 20 heavy (non-hydrogen) atoms. The van der Waals surface area contributed by atoms with E-state index in [0.29, 0.717) is 0 Å². The average molecular weight is 289 g/mol. The zero-order valence-corrected chi connectivity index (χ0v) is 12.7. The zero-order chi connectivity index (χ0) is 14.1. The number of carbonyl (C=O) groups is 1. The van der Waals surface area contributed by atoms with Gasteiger partial charge in [0.2, 0.25) is 0 Å². The van der Waals surface area contributed by atoms with E-state index in [-0.39, 0.29) is 11.9 Å². The summed E-state index contributed by atoms with van der Waals surface area (Å²) in [5.74, 6) is 0.142. The molecule has 5 heteroatoms. The molecule has 106 valence electrons. The first-order chi connectivity index (χ1) is 9.68. The second-order valence-corrected chi connectivity index (χ2v) is 6.23. The number of thiazole rings is 1. The molecule has 0 saturated carbocycles. The highest BCUT2D eigenvalue weighted by Gasteiger charge is 2.31. The lowest BCUT2D eigenvalue weighted by atomic mass is 10.0. The summed E-state index contributed by atoms with van der Waals surface area (Å²) in [7, 11) is 1.97. The predicted molar refractivity (Wildman–Crippen MR) is 79.9 cm³/mol. The molecular weight excluding hydrogens is 270 g/mol. The highest BCUT2D eigenvalue weighted by atomic mass is 32.1. The standard InChI is InChI=1S/C15H19N3OS/c1-11-12(6-9-17(11)2)15(19)18-8-4-3-5-13(18)14-16-7-10-20-14/h6-7,9-10,13H,3-5,8H2,1-2H3/t13-/m0/s1. The van der Waals surface area contributed by atoms with Gasteiger partial charge in [-0.25, -0.2) is 4.98 Å². The van der Waals surface area contributed by atoms with Crippen LogP contribution in [-0.4, -0.2) is 26.9 Å². The van der Waals surface area contributed by atoms with Crippen LogP contribution >= 0.6 is 11.3 Å². The summed E-state index contributed by atoms with van der Waals surface area (Å²) in [6.07, 6.45) is 7.04. The van der Waals surface area contributed by atoms with Crippen LogP contribution in [0.15, 0.2) is 23.8 Å². The number of piperidine rings is 1. The number of hydrogen-bond donors (Lipinski definition) is 0. The average Bonchev–Trinajstić information content (AvgIpc) is 3.10. The topological polar surface area (TPSA) is 38.1 Å². The van der Waals surface area contributed by atoms with Crippen molar-refractivity contribution >= 4 is 17.2 Å². The minimum Gasteiger partial charge on any atom is -0.354 e. The monoisotopic (exact) mass is 289 g/mol. The molecule has 1 fully saturated rings. The Morgan fingerprint density at radius 3 is 2.95 bits per heavy atom. The number of hydrogen-bond acceptors (Lipinski definition) is 3. The third-order valence-corrected chi connectivity index (χ3v) is 4.99. The summed E-state index contributed by atoms with van der Waals surface area (Å²) in [4.78, 5) is 19.2. The first-order valence-corrected chi connectivity index (χ1v) is 7.88. The lowest BCUT2D eigenvalue weighted by Crippen LogP contribution is -2.38. The summed E-state index contributed by atoms with van der Waals surface area (Å²) < 4.78 is 2.00. The Hall–Kier alpha value is -1.62. The van der Waals surface area contributed by atoms with Gasteiger partial charge >= 0.3 is 0 Å². The Bertz CT molecular complexity index is 603. The highest BCUT2D eigenvalue weighted by molar-refractivity contribution is 7.09. The first kappa shape index (κ1) is 13.4. The largest absolute Gasteiger partial charge is 0.354 e. The van der Waals surface area contributed by atoms with Gasteiger partial charge in [-0.3, -0.25) is 4.79 Å². The molecule has 2 aromatic heterocycles. The molecule has 0 unspecified atom stereocenters. The van der Waals surface area contributed by atoms with E-state index in [1.165, 1.54) is 6.42 Å². The van der Waals surface area contributed by atoms with Crippen LogP contribution in [0.25, 0.3) is 0 Å². The van der Waals surface area contributed by atoms with E-state index in [1.807, 2.05) is 47.3 Å². The number of nitrogens with zero attached hydrogens (tertiary/aromatic N) is 3. The molecule has 0 spiro atoms. The van der Waals surface area contributed by atoms with Crippen molar-refractivity contribution in [3.8, 4) is 0 Å². The van der Waals surface area contributed by atoms with Gasteiger partial charge < -0.3 is 9.47 Å². The normalized spacial score (nSPS) is 19.3. The quantitative estimate of drug-likeness (QED) is 0.851. The Morgan fingerprint density at radius 1 is 1.45 bits per heavy atom. The van der Waals surface area contributed by atoms with Crippen molar-refractivity contribution in [1.82, 2.24) is 14.5 Å². The molecule has 4 nitrogen and oxygen atoms in total. The number of rotatable bonds is 2. The van der Waals surface area contributed by atoms with Crippen LogP contribution in [0.4, 0.5) is 0 Å². The van der Waals surface area contributed by atoms with E-state index < -0.39 is 0 Å².